The summed E-state index contributed by atoms with van der Waals surface area (Å²) in [5.41, 5.74) is 1.05. The maximum absolute atomic E-state index is 12.2. The van der Waals surface area contributed by atoms with Gasteiger partial charge in [-0.15, -0.1) is 0 Å². The maximum Gasteiger partial charge on any atom is 0.261 e. The molecule has 0 unspecified atom stereocenters. The van der Waals surface area contributed by atoms with Crippen LogP contribution in [0.1, 0.15) is 39.7 Å². The molecule has 0 fully saturated rings. The number of aryl methyl sites for hydroxylation is 1. The van der Waals surface area contributed by atoms with Crippen molar-refractivity contribution < 1.29 is 9.53 Å². The Morgan fingerprint density at radius 3 is 2.42 bits per heavy atom. The topological polar surface area (TPSA) is 38.3 Å². The Morgan fingerprint density at radius 1 is 1.26 bits per heavy atom. The van der Waals surface area contributed by atoms with Crippen LogP contribution in [0, 0.1) is 12.8 Å². The largest absolute Gasteiger partial charge is 0.480 e. The van der Waals surface area contributed by atoms with E-state index in [0.717, 1.165) is 11.3 Å². The van der Waals surface area contributed by atoms with E-state index < -0.39 is 6.10 Å². The number of benzene rings is 1. The number of nitrogens with one attached hydrogen (secondary N) is 1. The lowest BCUT2D eigenvalue weighted by Gasteiger charge is -2.23. The van der Waals surface area contributed by atoms with Crippen molar-refractivity contribution in [3.63, 3.8) is 0 Å². The van der Waals surface area contributed by atoms with Crippen LogP contribution in [0.2, 0.25) is 0 Å². The first kappa shape index (κ1) is 15.5. The third-order valence-electron chi connectivity index (χ3n) is 3.40. The van der Waals surface area contributed by atoms with Gasteiger partial charge in [-0.1, -0.05) is 39.0 Å². The molecule has 19 heavy (non-hydrogen) atoms. The van der Waals surface area contributed by atoms with Crippen molar-refractivity contribution in [2.24, 2.45) is 5.92 Å². The van der Waals surface area contributed by atoms with Crippen molar-refractivity contribution in [1.29, 1.82) is 0 Å². The van der Waals surface area contributed by atoms with Crippen LogP contribution in [0.25, 0.3) is 0 Å². The molecule has 3 nitrogen and oxygen atoms in total. The van der Waals surface area contributed by atoms with Crippen LogP contribution in [-0.4, -0.2) is 18.1 Å². The van der Waals surface area contributed by atoms with Gasteiger partial charge in [0, 0.05) is 6.04 Å². The average molecular weight is 263 g/mol. The van der Waals surface area contributed by atoms with Crippen molar-refractivity contribution in [3.05, 3.63) is 29.8 Å². The molecule has 0 aromatic heterocycles. The molecule has 0 bridgehead atoms. The van der Waals surface area contributed by atoms with Gasteiger partial charge in [-0.25, -0.2) is 0 Å². The van der Waals surface area contributed by atoms with Gasteiger partial charge in [-0.3, -0.25) is 4.79 Å². The molecule has 1 amide bonds. The molecular weight excluding hydrogens is 238 g/mol. The highest BCUT2D eigenvalue weighted by molar-refractivity contribution is 5.81. The van der Waals surface area contributed by atoms with Crippen molar-refractivity contribution in [2.75, 3.05) is 0 Å². The summed E-state index contributed by atoms with van der Waals surface area (Å²) < 4.78 is 5.82. The van der Waals surface area contributed by atoms with E-state index in [1.165, 1.54) is 0 Å². The van der Waals surface area contributed by atoms with Crippen LogP contribution in [0.5, 0.6) is 5.75 Å². The second kappa shape index (κ2) is 7.17. The molecule has 0 aliphatic heterocycles. The van der Waals surface area contributed by atoms with Crippen molar-refractivity contribution in [2.45, 2.75) is 53.2 Å². The van der Waals surface area contributed by atoms with E-state index in [1.807, 2.05) is 45.0 Å². The number of hydrogen-bond donors (Lipinski definition) is 1. The Hall–Kier alpha value is -1.51. The molecule has 0 aliphatic rings. The van der Waals surface area contributed by atoms with Gasteiger partial charge in [0.25, 0.3) is 5.91 Å². The number of ether oxygens (including phenoxy) is 1. The minimum absolute atomic E-state index is 0.0352. The predicted octanol–water partition coefficient (Wildman–Crippen LogP) is 3.31. The highest BCUT2D eigenvalue weighted by Gasteiger charge is 2.21. The number of rotatable bonds is 6. The number of carbonyl (C=O) groups is 1. The lowest BCUT2D eigenvalue weighted by molar-refractivity contribution is -0.129. The number of amides is 1. The van der Waals surface area contributed by atoms with Crippen molar-refractivity contribution in [3.8, 4) is 5.75 Å². The Kier molecular flexibility index (Phi) is 5.87. The first-order valence-corrected chi connectivity index (χ1v) is 6.98. The first-order valence-electron chi connectivity index (χ1n) is 6.98. The first-order chi connectivity index (χ1) is 8.95. The maximum atomic E-state index is 12.2. The molecular formula is C16H25NO2. The van der Waals surface area contributed by atoms with Crippen LogP contribution in [-0.2, 0) is 4.79 Å². The monoisotopic (exact) mass is 263 g/mol. The van der Waals surface area contributed by atoms with Crippen LogP contribution in [0.3, 0.4) is 0 Å². The summed E-state index contributed by atoms with van der Waals surface area (Å²) in [7, 11) is 0. The van der Waals surface area contributed by atoms with Crippen LogP contribution in [0.4, 0.5) is 0 Å². The minimum Gasteiger partial charge on any atom is -0.480 e. The third kappa shape index (κ3) is 4.58. The van der Waals surface area contributed by atoms with Crippen molar-refractivity contribution in [1.82, 2.24) is 5.32 Å². The second-order valence-electron chi connectivity index (χ2n) is 5.32. The second-order valence-corrected chi connectivity index (χ2v) is 5.32. The summed E-state index contributed by atoms with van der Waals surface area (Å²) in [6.45, 7) is 10.1. The standard InChI is InChI=1S/C16H25NO2/c1-6-14(16(18)17-13(5)11(2)3)19-15-10-8-7-9-12(15)4/h7-11,13-14H,6H2,1-5H3,(H,17,18)/t13-,14+/m1/s1. The van der Waals surface area contributed by atoms with Crippen LogP contribution < -0.4 is 10.1 Å². The van der Waals surface area contributed by atoms with Gasteiger partial charge in [-0.2, -0.15) is 0 Å². The molecule has 106 valence electrons. The van der Waals surface area contributed by atoms with E-state index in [1.54, 1.807) is 0 Å². The van der Waals surface area contributed by atoms with Crippen molar-refractivity contribution >= 4 is 5.91 Å². The molecule has 1 aromatic rings. The fourth-order valence-corrected chi connectivity index (χ4v) is 1.65. The van der Waals surface area contributed by atoms with Gasteiger partial charge in [-0.05, 0) is 37.8 Å². The molecule has 1 aromatic carbocycles. The number of para-hydroxylation sites is 1. The van der Waals surface area contributed by atoms with Gasteiger partial charge in [0.2, 0.25) is 0 Å². The van der Waals surface area contributed by atoms with Gasteiger partial charge < -0.3 is 10.1 Å². The lowest BCUT2D eigenvalue weighted by Crippen LogP contribution is -2.44. The van der Waals surface area contributed by atoms with E-state index in [-0.39, 0.29) is 11.9 Å². The van der Waals surface area contributed by atoms with E-state index in [4.69, 9.17) is 4.74 Å². The zero-order valence-electron chi connectivity index (χ0n) is 12.6. The Labute approximate surface area is 116 Å². The van der Waals surface area contributed by atoms with Gasteiger partial charge >= 0.3 is 0 Å². The van der Waals surface area contributed by atoms with Crippen LogP contribution in [0.15, 0.2) is 24.3 Å². The van der Waals surface area contributed by atoms with E-state index in [0.29, 0.717) is 12.3 Å². The zero-order chi connectivity index (χ0) is 14.4. The predicted molar refractivity (Wildman–Crippen MR) is 78.3 cm³/mol. The van der Waals surface area contributed by atoms with Gasteiger partial charge in [0.15, 0.2) is 6.10 Å². The van der Waals surface area contributed by atoms with E-state index in [2.05, 4.69) is 19.2 Å². The highest BCUT2D eigenvalue weighted by Crippen LogP contribution is 2.19. The summed E-state index contributed by atoms with van der Waals surface area (Å²) in [4.78, 5) is 12.2. The molecule has 1 N–H and O–H groups in total. The molecule has 0 radical (unpaired) electrons. The molecule has 0 aliphatic carbocycles. The highest BCUT2D eigenvalue weighted by atomic mass is 16.5. The Balaban J connectivity index is 2.68. The smallest absolute Gasteiger partial charge is 0.261 e. The van der Waals surface area contributed by atoms with Crippen LogP contribution >= 0.6 is 0 Å². The summed E-state index contributed by atoms with van der Waals surface area (Å²) in [6, 6.07) is 7.92. The number of carbonyl (C=O) groups excluding carboxylic acids is 1. The fraction of sp³-hybridized carbons (Fsp3) is 0.562. The molecule has 2 atom stereocenters. The average Bonchev–Trinajstić information content (AvgIpc) is 2.37. The molecule has 0 saturated heterocycles. The van der Waals surface area contributed by atoms with E-state index >= 15 is 0 Å². The third-order valence-corrected chi connectivity index (χ3v) is 3.40. The summed E-state index contributed by atoms with van der Waals surface area (Å²) in [6.07, 6.45) is 0.229. The summed E-state index contributed by atoms with van der Waals surface area (Å²) >= 11 is 0. The van der Waals surface area contributed by atoms with Gasteiger partial charge in [0.1, 0.15) is 5.75 Å². The Morgan fingerprint density at radius 2 is 1.89 bits per heavy atom. The molecule has 3 heteroatoms. The minimum atomic E-state index is -0.428. The molecule has 0 spiro atoms. The summed E-state index contributed by atoms with van der Waals surface area (Å²) in [5.74, 6) is 1.16. The fourth-order valence-electron chi connectivity index (χ4n) is 1.65. The normalized spacial score (nSPS) is 14.0. The molecule has 1 rings (SSSR count). The number of hydrogen-bond acceptors (Lipinski definition) is 2. The SMILES string of the molecule is CC[C@H](Oc1ccccc1C)C(=O)N[C@H](C)C(C)C. The summed E-state index contributed by atoms with van der Waals surface area (Å²) in [5, 5.41) is 3.01. The van der Waals surface area contributed by atoms with Gasteiger partial charge in [0.05, 0.1) is 0 Å². The lowest BCUT2D eigenvalue weighted by atomic mass is 10.1. The quantitative estimate of drug-likeness (QED) is 0.855. The van der Waals surface area contributed by atoms with E-state index in [9.17, 15) is 4.79 Å². The molecule has 0 saturated carbocycles. The Bertz CT molecular complexity index is 415. The zero-order valence-corrected chi connectivity index (χ0v) is 12.6. The molecule has 0 heterocycles.